The molecule has 2 aromatic rings. The number of halogens is 4. The largest absolute Gasteiger partial charge is 0.494 e. The van der Waals surface area contributed by atoms with Crippen LogP contribution in [-0.4, -0.2) is 17.9 Å². The van der Waals surface area contributed by atoms with Gasteiger partial charge < -0.3 is 23.7 Å². The van der Waals surface area contributed by atoms with E-state index in [2.05, 4.69) is 4.98 Å². The zero-order valence-electron chi connectivity index (χ0n) is 8.76. The Balaban J connectivity index is 2.37. The molecular weight excluding hydrogens is 251 g/mol. The molecule has 92 valence electrons. The third kappa shape index (κ3) is 2.42. The summed E-state index contributed by atoms with van der Waals surface area (Å²) in [6, 6.07) is 5.14. The third-order valence-electron chi connectivity index (χ3n) is 2.68. The number of aromatic nitrogens is 1. The van der Waals surface area contributed by atoms with Crippen LogP contribution in [0.4, 0.5) is 12.9 Å². The molecule has 2 rings (SSSR count). The predicted octanol–water partition coefficient (Wildman–Crippen LogP) is 3.08. The van der Waals surface area contributed by atoms with Gasteiger partial charge in [-0.2, -0.15) is 0 Å². The van der Waals surface area contributed by atoms with E-state index in [4.69, 9.17) is 17.3 Å². The van der Waals surface area contributed by atoms with Crippen molar-refractivity contribution in [1.82, 2.24) is 4.98 Å². The van der Waals surface area contributed by atoms with Crippen molar-refractivity contribution >= 4 is 29.5 Å². The van der Waals surface area contributed by atoms with E-state index in [0.29, 0.717) is 16.0 Å². The number of hydrogen-bond donors (Lipinski definition) is 2. The van der Waals surface area contributed by atoms with Gasteiger partial charge in [0.2, 0.25) is 0 Å². The molecule has 1 heterocycles. The van der Waals surface area contributed by atoms with Crippen molar-refractivity contribution in [2.24, 2.45) is 5.73 Å². The number of rotatable bonds is 3. The zero-order chi connectivity index (χ0) is 12.6. The molecule has 17 heavy (non-hydrogen) atoms. The summed E-state index contributed by atoms with van der Waals surface area (Å²) in [6.07, 6.45) is 1.27. The number of hydrogen-bond acceptors (Lipinski definition) is 1. The van der Waals surface area contributed by atoms with Gasteiger partial charge in [0.15, 0.2) is 0 Å². The number of nitrogens with two attached hydrogens (primary N) is 1. The molecule has 1 atom stereocenters. The summed E-state index contributed by atoms with van der Waals surface area (Å²) >= 11 is 5.96. The molecule has 0 saturated carbocycles. The second-order valence-corrected chi connectivity index (χ2v) is 4.38. The van der Waals surface area contributed by atoms with Crippen LogP contribution >= 0.6 is 11.6 Å². The summed E-state index contributed by atoms with van der Waals surface area (Å²) in [5.41, 5.74) is 6.34. The molecule has 2 nitrogen and oxygen atoms in total. The van der Waals surface area contributed by atoms with Crippen molar-refractivity contribution in [2.75, 3.05) is 0 Å². The highest BCUT2D eigenvalue weighted by Crippen LogP contribution is 2.28. The topological polar surface area (TPSA) is 41.8 Å². The maximum atomic E-state index is 12.4. The van der Waals surface area contributed by atoms with Crippen LogP contribution in [0, 0.1) is 0 Å². The molecule has 0 amide bonds. The molecule has 1 unspecified atom stereocenters. The van der Waals surface area contributed by atoms with Crippen LogP contribution in [-0.2, 0) is 6.42 Å². The highest BCUT2D eigenvalue weighted by Gasteiger charge is 2.32. The van der Waals surface area contributed by atoms with Gasteiger partial charge in [-0.3, -0.25) is 0 Å². The first-order valence-electron chi connectivity index (χ1n) is 5.09. The number of fused-ring (bicyclic) bond motifs is 1. The molecule has 0 bridgehead atoms. The number of benzene rings is 1. The zero-order valence-corrected chi connectivity index (χ0v) is 9.52. The molecule has 1 aromatic carbocycles. The third-order valence-corrected chi connectivity index (χ3v) is 2.99. The van der Waals surface area contributed by atoms with Crippen LogP contribution in [0.15, 0.2) is 24.4 Å². The van der Waals surface area contributed by atoms with E-state index in [1.165, 1.54) is 6.20 Å². The smallest absolute Gasteiger partial charge is 0.448 e. The number of aromatic amines is 1. The van der Waals surface area contributed by atoms with Gasteiger partial charge in [0.25, 0.3) is 0 Å². The molecule has 3 N–H and O–H groups in total. The van der Waals surface area contributed by atoms with Gasteiger partial charge in [-0.1, -0.05) is 17.7 Å². The second-order valence-electron chi connectivity index (χ2n) is 3.97. The average Bonchev–Trinajstić information content (AvgIpc) is 2.61. The molecule has 1 aromatic heterocycles. The fourth-order valence-electron chi connectivity index (χ4n) is 1.76. The molecule has 0 radical (unpaired) electrons. The Morgan fingerprint density at radius 1 is 1.35 bits per heavy atom. The van der Waals surface area contributed by atoms with E-state index in [1.807, 2.05) is 0 Å². The van der Waals surface area contributed by atoms with Gasteiger partial charge in [0, 0.05) is 17.1 Å². The molecule has 0 spiro atoms. The molecule has 0 saturated heterocycles. The Hall–Kier alpha value is -1.14. The first-order chi connectivity index (χ1) is 7.89. The highest BCUT2D eigenvalue weighted by molar-refractivity contribution is 6.60. The van der Waals surface area contributed by atoms with Gasteiger partial charge in [-0.25, -0.2) is 0 Å². The minimum absolute atomic E-state index is 0.257. The summed E-state index contributed by atoms with van der Waals surface area (Å²) in [7, 11) is 0. The molecule has 0 fully saturated rings. The van der Waals surface area contributed by atoms with Crippen LogP contribution in [0.5, 0.6) is 0 Å². The van der Waals surface area contributed by atoms with Crippen molar-refractivity contribution in [3.63, 3.8) is 0 Å². The summed E-state index contributed by atoms with van der Waals surface area (Å²) in [5.74, 6) is -1.81. The summed E-state index contributed by atoms with van der Waals surface area (Å²) < 4.78 is 37.3. The molecule has 0 aliphatic heterocycles. The first-order valence-corrected chi connectivity index (χ1v) is 5.47. The molecule has 0 aliphatic carbocycles. The Bertz CT molecular complexity index is 538. The highest BCUT2D eigenvalue weighted by atomic mass is 35.5. The fraction of sp³-hybridized carbons (Fsp3) is 0.200. The quantitative estimate of drug-likeness (QED) is 0.819. The first kappa shape index (κ1) is 12.3. The van der Waals surface area contributed by atoms with E-state index in [9.17, 15) is 12.9 Å². The maximum Gasteiger partial charge on any atom is 0.494 e. The standard InChI is InChI=1S/C10H10BClF3N2/c12-7-2-1-3-8-10(7)6(5-17-8)4-9(16)11(13,14)15/h1-3,5,9,17H,4,16H2/q-1. The van der Waals surface area contributed by atoms with Crippen molar-refractivity contribution < 1.29 is 12.9 Å². The number of nitrogens with one attached hydrogen (secondary N) is 1. The van der Waals surface area contributed by atoms with Gasteiger partial charge in [0.1, 0.15) is 0 Å². The molecular formula is C10H10BClF3N2-. The SMILES string of the molecule is NC(Cc1c[nH]c2cccc(Cl)c12)[B-](F)(F)F. The lowest BCUT2D eigenvalue weighted by atomic mass is 9.76. The van der Waals surface area contributed by atoms with Crippen molar-refractivity contribution in [1.29, 1.82) is 0 Å². The fourth-order valence-corrected chi connectivity index (χ4v) is 2.05. The van der Waals surface area contributed by atoms with Crippen molar-refractivity contribution in [3.05, 3.63) is 35.0 Å². The van der Waals surface area contributed by atoms with Crippen LogP contribution < -0.4 is 5.73 Å². The van der Waals surface area contributed by atoms with Gasteiger partial charge in [-0.05, 0) is 30.1 Å². The minimum atomic E-state index is -5.03. The lowest BCUT2D eigenvalue weighted by molar-refractivity contribution is 0.436. The Morgan fingerprint density at radius 3 is 2.71 bits per heavy atom. The van der Waals surface area contributed by atoms with Crippen LogP contribution in [0.1, 0.15) is 5.56 Å². The molecule has 0 aliphatic rings. The van der Waals surface area contributed by atoms with Crippen molar-refractivity contribution in [2.45, 2.75) is 12.4 Å². The van der Waals surface area contributed by atoms with E-state index < -0.39 is 12.9 Å². The Morgan fingerprint density at radius 2 is 2.06 bits per heavy atom. The lowest BCUT2D eigenvalue weighted by Crippen LogP contribution is -2.44. The monoisotopic (exact) mass is 261 g/mol. The number of H-pyrrole nitrogens is 1. The van der Waals surface area contributed by atoms with Gasteiger partial charge in [-0.15, -0.1) is 0 Å². The normalized spacial score (nSPS) is 14.2. The Labute approximate surface area is 101 Å². The van der Waals surface area contributed by atoms with E-state index >= 15 is 0 Å². The van der Waals surface area contributed by atoms with Gasteiger partial charge in [0.05, 0.1) is 5.02 Å². The minimum Gasteiger partial charge on any atom is -0.448 e. The summed E-state index contributed by atoms with van der Waals surface area (Å²) in [4.78, 5) is 2.89. The molecule has 7 heteroatoms. The van der Waals surface area contributed by atoms with Crippen molar-refractivity contribution in [3.8, 4) is 0 Å². The maximum absolute atomic E-state index is 12.4. The summed E-state index contributed by atoms with van der Waals surface area (Å²) in [5, 5.41) is 1.05. The summed E-state index contributed by atoms with van der Waals surface area (Å²) in [6.45, 7) is -5.03. The van der Waals surface area contributed by atoms with E-state index in [1.54, 1.807) is 18.2 Å². The van der Waals surface area contributed by atoms with Crippen LogP contribution in [0.3, 0.4) is 0 Å². The second kappa shape index (κ2) is 4.27. The predicted molar refractivity (Wildman–Crippen MR) is 64.1 cm³/mol. The van der Waals surface area contributed by atoms with E-state index in [-0.39, 0.29) is 6.42 Å². The van der Waals surface area contributed by atoms with Crippen LogP contribution in [0.25, 0.3) is 10.9 Å². The van der Waals surface area contributed by atoms with Gasteiger partial charge >= 0.3 is 6.98 Å². The Kier molecular flexibility index (Phi) is 3.10. The lowest BCUT2D eigenvalue weighted by Gasteiger charge is -2.22. The van der Waals surface area contributed by atoms with E-state index in [0.717, 1.165) is 5.52 Å². The van der Waals surface area contributed by atoms with Crippen LogP contribution in [0.2, 0.25) is 5.02 Å². The average molecular weight is 261 g/mol.